The number of hydrogen-bond acceptors (Lipinski definition) is 3. The van der Waals surface area contributed by atoms with Gasteiger partial charge in [-0.25, -0.2) is 4.79 Å². The first-order valence-electron chi connectivity index (χ1n) is 5.65. The van der Waals surface area contributed by atoms with Crippen molar-refractivity contribution in [1.29, 1.82) is 0 Å². The summed E-state index contributed by atoms with van der Waals surface area (Å²) in [6.45, 7) is 3.19. The number of nitrogens with zero attached hydrogens (tertiary/aromatic N) is 1. The van der Waals surface area contributed by atoms with Crippen LogP contribution < -0.4 is 11.2 Å². The molecular weight excluding hydrogens is 208 g/mol. The molecule has 1 aliphatic rings. The van der Waals surface area contributed by atoms with Crippen molar-refractivity contribution in [2.45, 2.75) is 38.8 Å². The van der Waals surface area contributed by atoms with Crippen LogP contribution in [0.4, 0.5) is 0 Å². The molecule has 0 aromatic carbocycles. The highest BCUT2D eigenvalue weighted by molar-refractivity contribution is 5.04. The maximum Gasteiger partial charge on any atom is 0.328 e. The molecule has 1 fully saturated rings. The molecule has 88 valence electrons. The van der Waals surface area contributed by atoms with E-state index in [-0.39, 0.29) is 17.4 Å². The number of rotatable bonds is 3. The molecule has 0 radical (unpaired) electrons. The van der Waals surface area contributed by atoms with Crippen LogP contribution in [-0.4, -0.2) is 22.3 Å². The lowest BCUT2D eigenvalue weighted by Crippen LogP contribution is -2.34. The maximum absolute atomic E-state index is 11.5. The van der Waals surface area contributed by atoms with Gasteiger partial charge in [-0.1, -0.05) is 6.92 Å². The van der Waals surface area contributed by atoms with Crippen LogP contribution in [0.5, 0.6) is 0 Å². The van der Waals surface area contributed by atoms with E-state index in [0.717, 1.165) is 19.4 Å². The van der Waals surface area contributed by atoms with Crippen molar-refractivity contribution in [3.05, 3.63) is 32.6 Å². The van der Waals surface area contributed by atoms with E-state index in [1.165, 1.54) is 4.57 Å². The fraction of sp³-hybridized carbons (Fsp3) is 0.636. The van der Waals surface area contributed by atoms with Gasteiger partial charge in [0.1, 0.15) is 0 Å². The quantitative estimate of drug-likeness (QED) is 0.802. The molecule has 0 spiro atoms. The van der Waals surface area contributed by atoms with E-state index in [2.05, 4.69) is 4.98 Å². The second-order valence-electron chi connectivity index (χ2n) is 4.05. The van der Waals surface area contributed by atoms with Crippen LogP contribution in [0.15, 0.2) is 15.8 Å². The van der Waals surface area contributed by atoms with E-state index in [4.69, 9.17) is 4.74 Å². The van der Waals surface area contributed by atoms with Gasteiger partial charge in [-0.05, 0) is 19.3 Å². The van der Waals surface area contributed by atoms with Crippen molar-refractivity contribution in [1.82, 2.24) is 9.55 Å². The Morgan fingerprint density at radius 2 is 2.38 bits per heavy atom. The Morgan fingerprint density at radius 3 is 3.00 bits per heavy atom. The Balaban J connectivity index is 2.25. The Morgan fingerprint density at radius 1 is 1.56 bits per heavy atom. The summed E-state index contributed by atoms with van der Waals surface area (Å²) in [6, 6.07) is 0. The van der Waals surface area contributed by atoms with Gasteiger partial charge >= 0.3 is 5.69 Å². The van der Waals surface area contributed by atoms with Gasteiger partial charge in [0.15, 0.2) is 0 Å². The Kier molecular flexibility index (Phi) is 3.24. The largest absolute Gasteiger partial charge is 0.376 e. The SMILES string of the molecule is CCc1cn(CC2CCCO2)c(=O)[nH]c1=O. The van der Waals surface area contributed by atoms with Gasteiger partial charge in [0.05, 0.1) is 12.6 Å². The topological polar surface area (TPSA) is 64.1 Å². The van der Waals surface area contributed by atoms with E-state index < -0.39 is 0 Å². The first-order valence-corrected chi connectivity index (χ1v) is 5.65. The van der Waals surface area contributed by atoms with Crippen molar-refractivity contribution in [2.24, 2.45) is 0 Å². The molecule has 5 nitrogen and oxygen atoms in total. The molecule has 1 aliphatic heterocycles. The zero-order chi connectivity index (χ0) is 11.5. The summed E-state index contributed by atoms with van der Waals surface area (Å²) in [6.07, 6.45) is 4.40. The smallest absolute Gasteiger partial charge is 0.328 e. The number of aryl methyl sites for hydroxylation is 1. The van der Waals surface area contributed by atoms with Crippen LogP contribution >= 0.6 is 0 Å². The number of ether oxygens (including phenoxy) is 1. The molecule has 1 atom stereocenters. The monoisotopic (exact) mass is 224 g/mol. The fourth-order valence-corrected chi connectivity index (χ4v) is 1.95. The van der Waals surface area contributed by atoms with Crippen LogP contribution in [-0.2, 0) is 17.7 Å². The van der Waals surface area contributed by atoms with Crippen molar-refractivity contribution in [3.8, 4) is 0 Å². The zero-order valence-electron chi connectivity index (χ0n) is 9.36. The predicted molar refractivity (Wildman–Crippen MR) is 59.7 cm³/mol. The molecule has 0 amide bonds. The normalized spacial score (nSPS) is 20.2. The summed E-state index contributed by atoms with van der Waals surface area (Å²) >= 11 is 0. The highest BCUT2D eigenvalue weighted by atomic mass is 16.5. The van der Waals surface area contributed by atoms with Gasteiger partial charge in [0.25, 0.3) is 5.56 Å². The average molecular weight is 224 g/mol. The number of hydrogen-bond donors (Lipinski definition) is 1. The van der Waals surface area contributed by atoms with Crippen LogP contribution in [0.1, 0.15) is 25.3 Å². The summed E-state index contributed by atoms with van der Waals surface area (Å²) in [7, 11) is 0. The van der Waals surface area contributed by atoms with E-state index in [0.29, 0.717) is 18.5 Å². The second-order valence-corrected chi connectivity index (χ2v) is 4.05. The fourth-order valence-electron chi connectivity index (χ4n) is 1.95. The Bertz CT molecular complexity index is 469. The van der Waals surface area contributed by atoms with Crippen molar-refractivity contribution < 1.29 is 4.74 Å². The number of aromatic nitrogens is 2. The van der Waals surface area contributed by atoms with Crippen LogP contribution in [0.2, 0.25) is 0 Å². The highest BCUT2D eigenvalue weighted by Gasteiger charge is 2.16. The summed E-state index contributed by atoms with van der Waals surface area (Å²) in [5.74, 6) is 0. The predicted octanol–water partition coefficient (Wildman–Crippen LogP) is 0.278. The lowest BCUT2D eigenvalue weighted by Gasteiger charge is -2.11. The molecule has 16 heavy (non-hydrogen) atoms. The van der Waals surface area contributed by atoms with E-state index in [1.807, 2.05) is 6.92 Å². The number of H-pyrrole nitrogens is 1. The standard InChI is InChI=1S/C11H16N2O3/c1-2-8-6-13(11(15)12-10(8)14)7-9-4-3-5-16-9/h6,9H,2-5,7H2,1H3,(H,12,14,15). The molecule has 0 saturated carbocycles. The third kappa shape index (κ3) is 2.24. The minimum absolute atomic E-state index is 0.105. The van der Waals surface area contributed by atoms with Crippen LogP contribution in [0.3, 0.4) is 0 Å². The van der Waals surface area contributed by atoms with Gasteiger partial charge in [-0.15, -0.1) is 0 Å². The van der Waals surface area contributed by atoms with Crippen molar-refractivity contribution in [2.75, 3.05) is 6.61 Å². The Hall–Kier alpha value is -1.36. The van der Waals surface area contributed by atoms with Gasteiger partial charge in [0, 0.05) is 18.4 Å². The van der Waals surface area contributed by atoms with Crippen molar-refractivity contribution >= 4 is 0 Å². The van der Waals surface area contributed by atoms with Gasteiger partial charge in [-0.3, -0.25) is 14.3 Å². The lowest BCUT2D eigenvalue weighted by atomic mass is 10.2. The van der Waals surface area contributed by atoms with Crippen molar-refractivity contribution in [3.63, 3.8) is 0 Å². The molecule has 0 bridgehead atoms. The summed E-state index contributed by atoms with van der Waals surface area (Å²) in [5.41, 5.74) is 0.00591. The number of nitrogens with one attached hydrogen (secondary N) is 1. The van der Waals surface area contributed by atoms with Gasteiger partial charge in [0.2, 0.25) is 0 Å². The first-order chi connectivity index (χ1) is 7.70. The molecule has 1 aromatic rings. The Labute approximate surface area is 93.1 Å². The summed E-state index contributed by atoms with van der Waals surface area (Å²) in [5, 5.41) is 0. The number of aromatic amines is 1. The van der Waals surface area contributed by atoms with Crippen LogP contribution in [0.25, 0.3) is 0 Å². The highest BCUT2D eigenvalue weighted by Crippen LogP contribution is 2.12. The summed E-state index contributed by atoms with van der Waals surface area (Å²) in [4.78, 5) is 25.2. The first kappa shape index (κ1) is 11.1. The molecule has 2 rings (SSSR count). The third-order valence-electron chi connectivity index (χ3n) is 2.89. The molecule has 1 saturated heterocycles. The molecule has 1 aromatic heterocycles. The molecule has 0 aliphatic carbocycles. The minimum atomic E-state index is -0.349. The second kappa shape index (κ2) is 4.65. The molecule has 1 unspecified atom stereocenters. The molecule has 5 heteroatoms. The zero-order valence-corrected chi connectivity index (χ0v) is 9.36. The van der Waals surface area contributed by atoms with Gasteiger partial charge in [-0.2, -0.15) is 0 Å². The molecular formula is C11H16N2O3. The molecule has 1 N–H and O–H groups in total. The minimum Gasteiger partial charge on any atom is -0.376 e. The average Bonchev–Trinajstić information content (AvgIpc) is 2.75. The van der Waals surface area contributed by atoms with E-state index in [9.17, 15) is 9.59 Å². The third-order valence-corrected chi connectivity index (χ3v) is 2.89. The lowest BCUT2D eigenvalue weighted by molar-refractivity contribution is 0.0957. The van der Waals surface area contributed by atoms with Crippen LogP contribution in [0, 0.1) is 0 Å². The maximum atomic E-state index is 11.5. The van der Waals surface area contributed by atoms with E-state index >= 15 is 0 Å². The van der Waals surface area contributed by atoms with Gasteiger partial charge < -0.3 is 4.74 Å². The van der Waals surface area contributed by atoms with E-state index in [1.54, 1.807) is 6.20 Å². The molecule has 2 heterocycles. The summed E-state index contributed by atoms with van der Waals surface area (Å²) < 4.78 is 7.00.